The van der Waals surface area contributed by atoms with E-state index in [-0.39, 0.29) is 11.4 Å². The van der Waals surface area contributed by atoms with E-state index >= 15 is 0 Å². The minimum absolute atomic E-state index is 0.211. The lowest BCUT2D eigenvalue weighted by molar-refractivity contribution is -0.119. The van der Waals surface area contributed by atoms with Crippen LogP contribution in [0.15, 0.2) is 54.3 Å². The SMILES string of the molecule is CC1=C(c2ccc3c(c2)C(N)(c2ccccc2)C(=O)N3)C(C)(C)NO1. The highest BCUT2D eigenvalue weighted by Crippen LogP contribution is 2.43. The number of carbonyl (C=O) groups is 1. The van der Waals surface area contributed by atoms with Crippen LogP contribution < -0.4 is 16.5 Å². The van der Waals surface area contributed by atoms with Crippen molar-refractivity contribution < 1.29 is 9.63 Å². The van der Waals surface area contributed by atoms with E-state index < -0.39 is 5.54 Å². The summed E-state index contributed by atoms with van der Waals surface area (Å²) in [6, 6.07) is 15.4. The molecule has 2 aliphatic heterocycles. The summed E-state index contributed by atoms with van der Waals surface area (Å²) in [4.78, 5) is 18.2. The van der Waals surface area contributed by atoms with Crippen LogP contribution in [-0.4, -0.2) is 11.4 Å². The van der Waals surface area contributed by atoms with Crippen LogP contribution in [0, 0.1) is 0 Å². The molecule has 2 aromatic rings. The maximum Gasteiger partial charge on any atom is 0.253 e. The van der Waals surface area contributed by atoms with Gasteiger partial charge in [-0.05, 0) is 44.0 Å². The van der Waals surface area contributed by atoms with Crippen LogP contribution in [0.4, 0.5) is 5.69 Å². The molecular weight excluding hydrogens is 314 g/mol. The van der Waals surface area contributed by atoms with E-state index in [1.54, 1.807) is 0 Å². The van der Waals surface area contributed by atoms with E-state index in [4.69, 9.17) is 10.6 Å². The van der Waals surface area contributed by atoms with Crippen molar-refractivity contribution in [2.75, 3.05) is 5.32 Å². The minimum atomic E-state index is -1.20. The summed E-state index contributed by atoms with van der Waals surface area (Å²) in [7, 11) is 0. The zero-order valence-electron chi connectivity index (χ0n) is 14.5. The number of allylic oxidation sites excluding steroid dienone is 1. The molecule has 128 valence electrons. The molecule has 0 saturated heterocycles. The molecular formula is C20H21N3O2. The molecule has 0 fully saturated rings. The largest absolute Gasteiger partial charge is 0.412 e. The number of carbonyl (C=O) groups excluding carboxylic acids is 1. The van der Waals surface area contributed by atoms with E-state index in [9.17, 15) is 4.79 Å². The molecule has 2 heterocycles. The van der Waals surface area contributed by atoms with Gasteiger partial charge in [-0.2, -0.15) is 0 Å². The highest BCUT2D eigenvalue weighted by atomic mass is 16.7. The Morgan fingerprint density at radius 3 is 2.44 bits per heavy atom. The fraction of sp³-hybridized carbons (Fsp3) is 0.250. The van der Waals surface area contributed by atoms with E-state index in [1.165, 1.54) is 0 Å². The maximum absolute atomic E-state index is 12.7. The van der Waals surface area contributed by atoms with Crippen molar-refractivity contribution in [3.63, 3.8) is 0 Å². The highest BCUT2D eigenvalue weighted by molar-refractivity contribution is 6.08. The highest BCUT2D eigenvalue weighted by Gasteiger charge is 2.45. The topological polar surface area (TPSA) is 76.4 Å². The second kappa shape index (κ2) is 5.18. The fourth-order valence-electron chi connectivity index (χ4n) is 3.78. The van der Waals surface area contributed by atoms with Crippen LogP contribution in [0.5, 0.6) is 0 Å². The number of benzene rings is 2. The molecule has 5 heteroatoms. The monoisotopic (exact) mass is 335 g/mol. The molecule has 1 atom stereocenters. The van der Waals surface area contributed by atoms with E-state index in [1.807, 2.05) is 55.5 Å². The van der Waals surface area contributed by atoms with Gasteiger partial charge in [-0.25, -0.2) is 0 Å². The Morgan fingerprint density at radius 1 is 1.08 bits per heavy atom. The Bertz CT molecular complexity index is 902. The van der Waals surface area contributed by atoms with Crippen molar-refractivity contribution >= 4 is 17.2 Å². The predicted molar refractivity (Wildman–Crippen MR) is 97.4 cm³/mol. The van der Waals surface area contributed by atoms with Gasteiger partial charge in [-0.15, -0.1) is 5.48 Å². The van der Waals surface area contributed by atoms with E-state index in [0.717, 1.165) is 33.7 Å². The Hall–Kier alpha value is -2.63. The zero-order chi connectivity index (χ0) is 17.8. The lowest BCUT2D eigenvalue weighted by atomic mass is 9.82. The van der Waals surface area contributed by atoms with Crippen LogP contribution in [0.3, 0.4) is 0 Å². The number of rotatable bonds is 2. The molecule has 0 aliphatic carbocycles. The van der Waals surface area contributed by atoms with Gasteiger partial charge in [-0.1, -0.05) is 36.4 Å². The second-order valence-electron chi connectivity index (χ2n) is 7.15. The number of nitrogens with one attached hydrogen (secondary N) is 2. The quantitative estimate of drug-likeness (QED) is 0.789. The number of amides is 1. The third-order valence-corrected chi connectivity index (χ3v) is 5.00. The van der Waals surface area contributed by atoms with Gasteiger partial charge in [0, 0.05) is 16.8 Å². The van der Waals surface area contributed by atoms with Gasteiger partial charge >= 0.3 is 0 Å². The average molecular weight is 335 g/mol. The summed E-state index contributed by atoms with van der Waals surface area (Å²) >= 11 is 0. The number of fused-ring (bicyclic) bond motifs is 1. The molecule has 0 spiro atoms. The molecule has 1 amide bonds. The first-order chi connectivity index (χ1) is 11.8. The number of hydrogen-bond acceptors (Lipinski definition) is 4. The Kier molecular flexibility index (Phi) is 3.29. The molecule has 0 bridgehead atoms. The van der Waals surface area contributed by atoms with Crippen molar-refractivity contribution in [1.29, 1.82) is 0 Å². The smallest absolute Gasteiger partial charge is 0.253 e. The van der Waals surface area contributed by atoms with Crippen LogP contribution in [0.25, 0.3) is 5.57 Å². The van der Waals surface area contributed by atoms with Crippen LogP contribution in [-0.2, 0) is 15.2 Å². The summed E-state index contributed by atoms with van der Waals surface area (Å²) in [5.41, 5.74) is 12.5. The first-order valence-corrected chi connectivity index (χ1v) is 8.30. The molecule has 0 saturated carbocycles. The molecule has 0 radical (unpaired) electrons. The van der Waals surface area contributed by atoms with Crippen molar-refractivity contribution in [3.05, 3.63) is 71.0 Å². The number of nitrogens with two attached hydrogens (primary N) is 1. The maximum atomic E-state index is 12.7. The summed E-state index contributed by atoms with van der Waals surface area (Å²) in [6.45, 7) is 6.05. The van der Waals surface area contributed by atoms with Crippen molar-refractivity contribution in [1.82, 2.24) is 5.48 Å². The molecule has 5 nitrogen and oxygen atoms in total. The summed E-state index contributed by atoms with van der Waals surface area (Å²) in [6.07, 6.45) is 0. The van der Waals surface area contributed by atoms with Gasteiger partial charge in [-0.3, -0.25) is 4.79 Å². The molecule has 4 rings (SSSR count). The molecule has 2 aliphatic rings. The van der Waals surface area contributed by atoms with Crippen molar-refractivity contribution in [3.8, 4) is 0 Å². The Balaban J connectivity index is 1.89. The lowest BCUT2D eigenvalue weighted by Crippen LogP contribution is -2.44. The minimum Gasteiger partial charge on any atom is -0.412 e. The van der Waals surface area contributed by atoms with Crippen LogP contribution in [0.2, 0.25) is 0 Å². The molecule has 1 unspecified atom stereocenters. The molecule has 0 aromatic heterocycles. The van der Waals surface area contributed by atoms with Gasteiger partial charge < -0.3 is 15.9 Å². The first kappa shape index (κ1) is 15.9. The van der Waals surface area contributed by atoms with Gasteiger partial charge in [0.15, 0.2) is 0 Å². The fourth-order valence-corrected chi connectivity index (χ4v) is 3.78. The molecule has 25 heavy (non-hydrogen) atoms. The van der Waals surface area contributed by atoms with Gasteiger partial charge in [0.25, 0.3) is 5.91 Å². The summed E-state index contributed by atoms with van der Waals surface area (Å²) in [5.74, 6) is 0.612. The lowest BCUT2D eigenvalue weighted by Gasteiger charge is -2.25. The second-order valence-corrected chi connectivity index (χ2v) is 7.15. The zero-order valence-corrected chi connectivity index (χ0v) is 14.5. The van der Waals surface area contributed by atoms with Crippen LogP contribution >= 0.6 is 0 Å². The number of hydroxylamine groups is 1. The number of hydrogen-bond donors (Lipinski definition) is 3. The Labute approximate surface area is 146 Å². The third-order valence-electron chi connectivity index (χ3n) is 5.00. The van der Waals surface area contributed by atoms with Gasteiger partial charge in [0.1, 0.15) is 11.3 Å². The van der Waals surface area contributed by atoms with Crippen molar-refractivity contribution in [2.24, 2.45) is 5.73 Å². The predicted octanol–water partition coefficient (Wildman–Crippen LogP) is 2.89. The average Bonchev–Trinajstić information content (AvgIpc) is 3.02. The van der Waals surface area contributed by atoms with E-state index in [2.05, 4.69) is 24.6 Å². The van der Waals surface area contributed by atoms with Crippen molar-refractivity contribution in [2.45, 2.75) is 31.8 Å². The van der Waals surface area contributed by atoms with Gasteiger partial charge in [0.05, 0.1) is 5.54 Å². The van der Waals surface area contributed by atoms with Gasteiger partial charge in [0.2, 0.25) is 0 Å². The number of anilines is 1. The molecule has 4 N–H and O–H groups in total. The third kappa shape index (κ3) is 2.20. The Morgan fingerprint density at radius 2 is 1.80 bits per heavy atom. The standard InChI is InChI=1S/C20H21N3O2/c1-12-17(19(2,3)23-25-12)13-9-10-16-15(11-13)20(21,18(24)22-16)14-7-5-4-6-8-14/h4-11,23H,21H2,1-3H3,(H,22,24). The normalized spacial score (nSPS) is 24.1. The molecule has 2 aromatic carbocycles. The summed E-state index contributed by atoms with van der Waals surface area (Å²) < 4.78 is 0. The van der Waals surface area contributed by atoms with Crippen LogP contribution in [0.1, 0.15) is 37.5 Å². The van der Waals surface area contributed by atoms with E-state index in [0.29, 0.717) is 0 Å². The first-order valence-electron chi connectivity index (χ1n) is 8.30. The summed E-state index contributed by atoms with van der Waals surface area (Å²) in [5, 5.41) is 2.91.